The summed E-state index contributed by atoms with van der Waals surface area (Å²) in [5, 5.41) is 6.91. The second-order valence-corrected chi connectivity index (χ2v) is 9.21. The molecule has 0 aliphatic carbocycles. The molecule has 1 unspecified atom stereocenters. The average molecular weight is 517 g/mol. The third-order valence-electron chi connectivity index (χ3n) is 7.02. The Morgan fingerprint density at radius 2 is 1.62 bits per heavy atom. The zero-order valence-electron chi connectivity index (χ0n) is 21.4. The van der Waals surface area contributed by atoms with Gasteiger partial charge in [-0.25, -0.2) is 14.5 Å². The van der Waals surface area contributed by atoms with Gasteiger partial charge in [0.1, 0.15) is 24.4 Å². The predicted molar refractivity (Wildman–Crippen MR) is 146 cm³/mol. The van der Waals surface area contributed by atoms with E-state index in [2.05, 4.69) is 40.4 Å². The number of rotatable bonds is 6. The molecule has 0 bridgehead atoms. The van der Waals surface area contributed by atoms with Crippen LogP contribution in [0.1, 0.15) is 28.4 Å². The molecule has 7 rings (SSSR count). The van der Waals surface area contributed by atoms with Gasteiger partial charge in [-0.15, -0.1) is 5.10 Å². The maximum absolute atomic E-state index is 6.39. The SMILES string of the molecule is COc1ccc(C2c3c(ccc4ccccc34)Oc3ncn4nc(COc5ccccc5OC)nc4c32)cc1. The van der Waals surface area contributed by atoms with Crippen LogP contribution in [-0.2, 0) is 6.61 Å². The minimum atomic E-state index is -0.191. The van der Waals surface area contributed by atoms with Gasteiger partial charge < -0.3 is 18.9 Å². The Bertz CT molecular complexity index is 1830. The number of hydrogen-bond acceptors (Lipinski definition) is 7. The van der Waals surface area contributed by atoms with Crippen molar-refractivity contribution in [2.75, 3.05) is 14.2 Å². The fraction of sp³-hybridized carbons (Fsp3) is 0.129. The summed E-state index contributed by atoms with van der Waals surface area (Å²) in [5.41, 5.74) is 3.65. The molecule has 4 aromatic carbocycles. The highest BCUT2D eigenvalue weighted by atomic mass is 16.5. The molecule has 39 heavy (non-hydrogen) atoms. The highest BCUT2D eigenvalue weighted by Crippen LogP contribution is 2.50. The molecule has 0 amide bonds. The Labute approximate surface area is 224 Å². The molecular weight excluding hydrogens is 492 g/mol. The van der Waals surface area contributed by atoms with Crippen LogP contribution >= 0.6 is 0 Å². The summed E-state index contributed by atoms with van der Waals surface area (Å²) in [6.45, 7) is 0.171. The highest BCUT2D eigenvalue weighted by Gasteiger charge is 2.34. The lowest BCUT2D eigenvalue weighted by Gasteiger charge is -2.29. The zero-order chi connectivity index (χ0) is 26.3. The minimum Gasteiger partial charge on any atom is -0.497 e. The molecular formula is C31H24N4O4. The van der Waals surface area contributed by atoms with Crippen molar-refractivity contribution in [2.45, 2.75) is 12.5 Å². The van der Waals surface area contributed by atoms with Gasteiger partial charge in [-0.3, -0.25) is 0 Å². The number of ether oxygens (including phenoxy) is 4. The van der Waals surface area contributed by atoms with Crippen LogP contribution in [0.5, 0.6) is 28.9 Å². The van der Waals surface area contributed by atoms with E-state index in [1.807, 2.05) is 54.6 Å². The lowest BCUT2D eigenvalue weighted by Crippen LogP contribution is -2.15. The van der Waals surface area contributed by atoms with Gasteiger partial charge in [0, 0.05) is 11.5 Å². The van der Waals surface area contributed by atoms with Crippen molar-refractivity contribution in [3.63, 3.8) is 0 Å². The van der Waals surface area contributed by atoms with Crippen molar-refractivity contribution in [1.29, 1.82) is 0 Å². The summed E-state index contributed by atoms with van der Waals surface area (Å²) < 4.78 is 24.9. The molecule has 1 aliphatic rings. The number of nitrogens with zero attached hydrogens (tertiary/aromatic N) is 4. The number of hydrogen-bond donors (Lipinski definition) is 0. The van der Waals surface area contributed by atoms with E-state index in [0.29, 0.717) is 28.9 Å². The van der Waals surface area contributed by atoms with Crippen LogP contribution in [-0.4, -0.2) is 33.8 Å². The smallest absolute Gasteiger partial charge is 0.228 e. The normalized spacial score (nSPS) is 13.9. The maximum atomic E-state index is 6.39. The summed E-state index contributed by atoms with van der Waals surface area (Å²) in [7, 11) is 3.28. The van der Waals surface area contributed by atoms with E-state index >= 15 is 0 Å². The van der Waals surface area contributed by atoms with Gasteiger partial charge in [0.2, 0.25) is 5.88 Å². The van der Waals surface area contributed by atoms with E-state index < -0.39 is 0 Å². The van der Waals surface area contributed by atoms with E-state index in [0.717, 1.165) is 39.0 Å². The first-order valence-electron chi connectivity index (χ1n) is 12.6. The van der Waals surface area contributed by atoms with Crippen LogP contribution in [0.3, 0.4) is 0 Å². The van der Waals surface area contributed by atoms with Gasteiger partial charge in [0.15, 0.2) is 23.0 Å². The second kappa shape index (κ2) is 9.33. The molecule has 8 nitrogen and oxygen atoms in total. The summed E-state index contributed by atoms with van der Waals surface area (Å²) in [6, 6.07) is 28.0. The Balaban J connectivity index is 1.38. The van der Waals surface area contributed by atoms with E-state index in [1.54, 1.807) is 25.1 Å². The van der Waals surface area contributed by atoms with Crippen LogP contribution in [0.4, 0.5) is 0 Å². The van der Waals surface area contributed by atoms with Gasteiger partial charge in [0.25, 0.3) is 0 Å². The van der Waals surface area contributed by atoms with Gasteiger partial charge in [-0.05, 0) is 46.7 Å². The maximum Gasteiger partial charge on any atom is 0.228 e. The number of benzene rings is 4. The zero-order valence-corrected chi connectivity index (χ0v) is 21.4. The first kappa shape index (κ1) is 23.0. The van der Waals surface area contributed by atoms with Gasteiger partial charge in [0.05, 0.1) is 19.8 Å². The Hall–Kier alpha value is -5.11. The molecule has 192 valence electrons. The quantitative estimate of drug-likeness (QED) is 0.262. The van der Waals surface area contributed by atoms with Crippen molar-refractivity contribution < 1.29 is 18.9 Å². The molecule has 2 aromatic heterocycles. The molecule has 0 radical (unpaired) electrons. The van der Waals surface area contributed by atoms with Crippen LogP contribution in [0, 0.1) is 0 Å². The van der Waals surface area contributed by atoms with Gasteiger partial charge in [-0.1, -0.05) is 54.6 Å². The third-order valence-corrected chi connectivity index (χ3v) is 7.02. The number of methoxy groups -OCH3 is 2. The van der Waals surface area contributed by atoms with Crippen molar-refractivity contribution in [3.8, 4) is 28.9 Å². The van der Waals surface area contributed by atoms with Gasteiger partial charge in [-0.2, -0.15) is 0 Å². The van der Waals surface area contributed by atoms with E-state index in [1.165, 1.54) is 0 Å². The molecule has 0 saturated carbocycles. The number of aromatic nitrogens is 4. The monoisotopic (exact) mass is 516 g/mol. The first-order valence-corrected chi connectivity index (χ1v) is 12.6. The Morgan fingerprint density at radius 3 is 2.44 bits per heavy atom. The van der Waals surface area contributed by atoms with Gasteiger partial charge >= 0.3 is 0 Å². The number of fused-ring (bicyclic) bond motifs is 6. The largest absolute Gasteiger partial charge is 0.497 e. The lowest BCUT2D eigenvalue weighted by molar-refractivity contribution is 0.276. The Morgan fingerprint density at radius 1 is 0.821 bits per heavy atom. The van der Waals surface area contributed by atoms with Crippen LogP contribution in [0.15, 0.2) is 91.3 Å². The van der Waals surface area contributed by atoms with Crippen LogP contribution in [0.2, 0.25) is 0 Å². The van der Waals surface area contributed by atoms with Crippen molar-refractivity contribution >= 4 is 16.4 Å². The molecule has 0 N–H and O–H groups in total. The minimum absolute atomic E-state index is 0.171. The first-order chi connectivity index (χ1) is 19.2. The lowest BCUT2D eigenvalue weighted by atomic mass is 9.81. The molecule has 0 saturated heterocycles. The van der Waals surface area contributed by atoms with Crippen LogP contribution < -0.4 is 18.9 Å². The fourth-order valence-electron chi connectivity index (χ4n) is 5.22. The number of para-hydroxylation sites is 2. The fourth-order valence-corrected chi connectivity index (χ4v) is 5.22. The molecule has 8 heteroatoms. The van der Waals surface area contributed by atoms with Crippen molar-refractivity contribution in [3.05, 3.63) is 114 Å². The van der Waals surface area contributed by atoms with Crippen molar-refractivity contribution in [1.82, 2.24) is 19.6 Å². The molecule has 3 heterocycles. The summed E-state index contributed by atoms with van der Waals surface area (Å²) in [6.07, 6.45) is 1.63. The standard InChI is InChI=1S/C31H24N4O4/c1-36-21-14-11-20(12-15-21)27-28-22-8-4-3-7-19(22)13-16-25(28)39-31-29(27)30-33-26(34-35(30)18-32-31)17-38-24-10-6-5-9-23(24)37-2/h3-16,18,27H,17H2,1-2H3. The topological polar surface area (TPSA) is 80.0 Å². The molecule has 1 atom stereocenters. The summed E-state index contributed by atoms with van der Waals surface area (Å²) in [4.78, 5) is 9.55. The van der Waals surface area contributed by atoms with E-state index in [9.17, 15) is 0 Å². The van der Waals surface area contributed by atoms with E-state index in [4.69, 9.17) is 23.9 Å². The van der Waals surface area contributed by atoms with Crippen molar-refractivity contribution in [2.24, 2.45) is 0 Å². The molecule has 0 fully saturated rings. The van der Waals surface area contributed by atoms with E-state index in [-0.39, 0.29) is 12.5 Å². The summed E-state index contributed by atoms with van der Waals surface area (Å²) >= 11 is 0. The Kier molecular flexibility index (Phi) is 5.51. The predicted octanol–water partition coefficient (Wildman–Crippen LogP) is 6.16. The second-order valence-electron chi connectivity index (χ2n) is 9.21. The molecule has 6 aromatic rings. The summed E-state index contributed by atoms with van der Waals surface area (Å²) in [5.74, 6) is 3.68. The van der Waals surface area contributed by atoms with Crippen LogP contribution in [0.25, 0.3) is 16.4 Å². The molecule has 1 aliphatic heterocycles. The third kappa shape index (κ3) is 3.88. The average Bonchev–Trinajstić information content (AvgIpc) is 3.42. The molecule has 0 spiro atoms. The highest BCUT2D eigenvalue weighted by molar-refractivity contribution is 5.90.